The fourth-order valence-electron chi connectivity index (χ4n) is 7.84. The molecule has 0 unspecified atom stereocenters. The van der Waals surface area contributed by atoms with Crippen LogP contribution in [0.15, 0.2) is 24.3 Å². The summed E-state index contributed by atoms with van der Waals surface area (Å²) in [6, 6.07) is 0. The van der Waals surface area contributed by atoms with E-state index >= 15 is 0 Å². The summed E-state index contributed by atoms with van der Waals surface area (Å²) in [6.07, 6.45) is 57.3. The summed E-state index contributed by atoms with van der Waals surface area (Å²) in [5, 5.41) is 0. The number of hydrogen-bond donors (Lipinski definition) is 0. The molecule has 0 saturated carbocycles. The Kier molecular flexibility index (Phi) is 48.8. The average Bonchev–Trinajstić information content (AvgIpc) is 3.26. The molecule has 0 spiro atoms. The average molecular weight is 859 g/mol. The lowest BCUT2D eigenvalue weighted by molar-refractivity contribution is -0.167. The van der Waals surface area contributed by atoms with Gasteiger partial charge in [0.1, 0.15) is 13.2 Å². The van der Waals surface area contributed by atoms with Gasteiger partial charge in [0.05, 0.1) is 0 Å². The predicted molar refractivity (Wildman–Crippen MR) is 261 cm³/mol. The Morgan fingerprint density at radius 2 is 0.541 bits per heavy atom. The Labute approximate surface area is 379 Å². The highest BCUT2D eigenvalue weighted by molar-refractivity contribution is 5.71. The van der Waals surface area contributed by atoms with E-state index in [4.69, 9.17) is 14.2 Å². The van der Waals surface area contributed by atoms with E-state index in [1.165, 1.54) is 180 Å². The molecule has 0 radical (unpaired) electrons. The van der Waals surface area contributed by atoms with Gasteiger partial charge in [-0.25, -0.2) is 0 Å². The summed E-state index contributed by atoms with van der Waals surface area (Å²) < 4.78 is 16.8. The zero-order chi connectivity index (χ0) is 44.4. The largest absolute Gasteiger partial charge is 0.462 e. The van der Waals surface area contributed by atoms with Gasteiger partial charge in [-0.15, -0.1) is 0 Å². The van der Waals surface area contributed by atoms with Gasteiger partial charge >= 0.3 is 17.9 Å². The number of rotatable bonds is 49. The van der Waals surface area contributed by atoms with E-state index in [1.54, 1.807) is 0 Å². The number of ether oxygens (including phenoxy) is 3. The number of allylic oxidation sites excluding steroid dienone is 4. The lowest BCUT2D eigenvalue weighted by Gasteiger charge is -2.18. The van der Waals surface area contributed by atoms with Gasteiger partial charge in [0.2, 0.25) is 0 Å². The molecule has 0 saturated heterocycles. The SMILES string of the molecule is CCCCCCC/C=C\CCCCCCCC(=O)O[C@@H](COC(=O)CCCCCCC/C=C\CCCCCCCCC)COC(=O)CCCCCCCCCCCCCCC. The molecule has 0 N–H and O–H groups in total. The number of carbonyl (C=O) groups excluding carboxylic acids is 3. The number of unbranched alkanes of at least 4 members (excludes halogenated alkanes) is 34. The molecule has 1 atom stereocenters. The van der Waals surface area contributed by atoms with Crippen molar-refractivity contribution in [2.75, 3.05) is 13.2 Å². The molecule has 0 aliphatic carbocycles. The maximum absolute atomic E-state index is 12.8. The molecule has 0 aromatic heterocycles. The van der Waals surface area contributed by atoms with E-state index < -0.39 is 6.10 Å². The lowest BCUT2D eigenvalue weighted by Crippen LogP contribution is -2.30. The van der Waals surface area contributed by atoms with E-state index in [1.807, 2.05) is 0 Å². The summed E-state index contributed by atoms with van der Waals surface area (Å²) in [6.45, 7) is 6.64. The normalized spacial score (nSPS) is 12.1. The van der Waals surface area contributed by atoms with Crippen molar-refractivity contribution in [3.8, 4) is 0 Å². The van der Waals surface area contributed by atoms with Crippen molar-refractivity contribution in [1.29, 1.82) is 0 Å². The maximum Gasteiger partial charge on any atom is 0.306 e. The third-order valence-corrected chi connectivity index (χ3v) is 11.9. The van der Waals surface area contributed by atoms with Gasteiger partial charge in [-0.1, -0.05) is 225 Å². The highest BCUT2D eigenvalue weighted by Crippen LogP contribution is 2.15. The highest BCUT2D eigenvalue weighted by Gasteiger charge is 2.19. The summed E-state index contributed by atoms with van der Waals surface area (Å²) in [7, 11) is 0. The minimum atomic E-state index is -0.774. The first-order valence-electron chi connectivity index (χ1n) is 26.8. The monoisotopic (exact) mass is 859 g/mol. The Morgan fingerprint density at radius 3 is 0.820 bits per heavy atom. The number of carbonyl (C=O) groups is 3. The fraction of sp³-hybridized carbons (Fsp3) is 0.873. The first-order valence-corrected chi connectivity index (χ1v) is 26.8. The molecule has 61 heavy (non-hydrogen) atoms. The topological polar surface area (TPSA) is 78.9 Å². The van der Waals surface area contributed by atoms with E-state index in [-0.39, 0.29) is 31.1 Å². The van der Waals surface area contributed by atoms with Gasteiger partial charge in [0.15, 0.2) is 6.10 Å². The van der Waals surface area contributed by atoms with E-state index in [0.29, 0.717) is 19.3 Å². The Bertz CT molecular complexity index is 989. The van der Waals surface area contributed by atoms with E-state index in [9.17, 15) is 14.4 Å². The zero-order valence-electron chi connectivity index (χ0n) is 40.9. The quantitative estimate of drug-likeness (QED) is 0.0262. The Balaban J connectivity index is 4.36. The molecule has 6 heteroatoms. The summed E-state index contributed by atoms with van der Waals surface area (Å²) in [5.74, 6) is -0.876. The molecule has 0 amide bonds. The van der Waals surface area contributed by atoms with Crippen LogP contribution in [0.2, 0.25) is 0 Å². The van der Waals surface area contributed by atoms with Gasteiger partial charge in [-0.2, -0.15) is 0 Å². The first kappa shape index (κ1) is 58.9. The second kappa shape index (κ2) is 50.5. The molecule has 0 fully saturated rings. The van der Waals surface area contributed by atoms with Gasteiger partial charge in [-0.05, 0) is 70.6 Å². The van der Waals surface area contributed by atoms with Crippen LogP contribution < -0.4 is 0 Å². The maximum atomic E-state index is 12.8. The fourth-order valence-corrected chi connectivity index (χ4v) is 7.84. The zero-order valence-corrected chi connectivity index (χ0v) is 40.9. The minimum Gasteiger partial charge on any atom is -0.462 e. The Hall–Kier alpha value is -2.11. The summed E-state index contributed by atoms with van der Waals surface area (Å²) >= 11 is 0. The van der Waals surface area contributed by atoms with Crippen LogP contribution in [-0.2, 0) is 28.6 Å². The molecule has 6 nitrogen and oxygen atoms in total. The molecule has 0 aromatic carbocycles. The lowest BCUT2D eigenvalue weighted by atomic mass is 10.0. The number of hydrogen-bond acceptors (Lipinski definition) is 6. The van der Waals surface area contributed by atoms with Crippen molar-refractivity contribution < 1.29 is 28.6 Å². The smallest absolute Gasteiger partial charge is 0.306 e. The second-order valence-corrected chi connectivity index (χ2v) is 18.1. The van der Waals surface area contributed by atoms with Gasteiger partial charge in [0.25, 0.3) is 0 Å². The van der Waals surface area contributed by atoms with Crippen molar-refractivity contribution >= 4 is 17.9 Å². The van der Waals surface area contributed by atoms with E-state index in [0.717, 1.165) is 70.6 Å². The molecule has 358 valence electrons. The van der Waals surface area contributed by atoms with Crippen molar-refractivity contribution in [1.82, 2.24) is 0 Å². The molecular weight excluding hydrogens is 757 g/mol. The van der Waals surface area contributed by atoms with Crippen LogP contribution in [0.5, 0.6) is 0 Å². The Morgan fingerprint density at radius 1 is 0.311 bits per heavy atom. The molecule has 0 heterocycles. The molecular formula is C55H102O6. The standard InChI is InChI=1S/C55H102O6/c1-4-7-10-13-16-19-22-25-27-28-31-33-36-39-42-45-48-54(57)60-51-52(50-59-53(56)47-44-41-38-35-32-29-24-21-18-15-12-9-6-3)61-55(58)49-46-43-40-37-34-30-26-23-20-17-14-11-8-5-2/h23,26-28,52H,4-22,24-25,29-51H2,1-3H3/b26-23-,28-27-/t52-/m1/s1. The highest BCUT2D eigenvalue weighted by atomic mass is 16.6. The molecule has 0 aliphatic heterocycles. The second-order valence-electron chi connectivity index (χ2n) is 18.1. The van der Waals surface area contributed by atoms with Gasteiger partial charge < -0.3 is 14.2 Å². The van der Waals surface area contributed by atoms with Crippen LogP contribution in [0.3, 0.4) is 0 Å². The van der Waals surface area contributed by atoms with Crippen molar-refractivity contribution in [3.63, 3.8) is 0 Å². The van der Waals surface area contributed by atoms with Crippen LogP contribution in [0.25, 0.3) is 0 Å². The van der Waals surface area contributed by atoms with Crippen molar-refractivity contribution in [2.24, 2.45) is 0 Å². The van der Waals surface area contributed by atoms with Gasteiger partial charge in [0, 0.05) is 19.3 Å². The summed E-state index contributed by atoms with van der Waals surface area (Å²) in [5.41, 5.74) is 0. The third-order valence-electron chi connectivity index (χ3n) is 11.9. The van der Waals surface area contributed by atoms with Crippen LogP contribution in [-0.4, -0.2) is 37.2 Å². The number of esters is 3. The summed E-state index contributed by atoms with van der Waals surface area (Å²) in [4.78, 5) is 38.0. The molecule has 0 bridgehead atoms. The third kappa shape index (κ3) is 48.8. The minimum absolute atomic E-state index is 0.0734. The predicted octanol–water partition coefficient (Wildman–Crippen LogP) is 17.5. The van der Waals surface area contributed by atoms with Crippen LogP contribution in [0.1, 0.15) is 290 Å². The van der Waals surface area contributed by atoms with Crippen LogP contribution in [0.4, 0.5) is 0 Å². The van der Waals surface area contributed by atoms with Gasteiger partial charge in [-0.3, -0.25) is 14.4 Å². The van der Waals surface area contributed by atoms with Crippen LogP contribution >= 0.6 is 0 Å². The van der Waals surface area contributed by atoms with Crippen LogP contribution in [0, 0.1) is 0 Å². The van der Waals surface area contributed by atoms with Crippen molar-refractivity contribution in [3.05, 3.63) is 24.3 Å². The molecule has 0 aliphatic rings. The molecule has 0 aromatic rings. The van der Waals surface area contributed by atoms with Crippen molar-refractivity contribution in [2.45, 2.75) is 297 Å². The molecule has 0 rings (SSSR count). The first-order chi connectivity index (χ1) is 30.0. The van der Waals surface area contributed by atoms with E-state index in [2.05, 4.69) is 45.1 Å².